The number of ketones is 1. The van der Waals surface area contributed by atoms with Crippen LogP contribution in [-0.2, 0) is 22.4 Å². The number of Topliss-reactive ketones (excluding diaryl/α,β-unsaturated/α-hetero) is 1. The van der Waals surface area contributed by atoms with Gasteiger partial charge in [-0.3, -0.25) is 14.5 Å². The lowest BCUT2D eigenvalue weighted by atomic mass is 9.88. The average Bonchev–Trinajstić information content (AvgIpc) is 3.20. The van der Waals surface area contributed by atoms with Gasteiger partial charge in [-0.2, -0.15) is 0 Å². The van der Waals surface area contributed by atoms with Gasteiger partial charge in [0, 0.05) is 17.3 Å². The van der Waals surface area contributed by atoms with Crippen molar-refractivity contribution in [2.45, 2.75) is 45.6 Å². The predicted molar refractivity (Wildman–Crippen MR) is 143 cm³/mol. The second-order valence-electron chi connectivity index (χ2n) is 9.27. The molecule has 1 atom stereocenters. The number of nitrogens with zero attached hydrogens (tertiary/aromatic N) is 1. The first-order chi connectivity index (χ1) is 18.0. The fourth-order valence-electron chi connectivity index (χ4n) is 5.28. The Kier molecular flexibility index (Phi) is 6.99. The fourth-order valence-corrected chi connectivity index (χ4v) is 5.28. The van der Waals surface area contributed by atoms with Crippen LogP contribution < -0.4 is 14.4 Å². The van der Waals surface area contributed by atoms with Crippen molar-refractivity contribution in [3.05, 3.63) is 94.6 Å². The van der Waals surface area contributed by atoms with Crippen LogP contribution in [0.15, 0.2) is 72.3 Å². The number of carbonyl (C=O) groups excluding carboxylic acids is 2. The molecule has 1 aliphatic carbocycles. The van der Waals surface area contributed by atoms with Crippen LogP contribution in [0.25, 0.3) is 5.76 Å². The van der Waals surface area contributed by atoms with Gasteiger partial charge in [-0.25, -0.2) is 0 Å². The van der Waals surface area contributed by atoms with E-state index in [1.54, 1.807) is 18.2 Å². The van der Waals surface area contributed by atoms with Crippen molar-refractivity contribution in [1.82, 2.24) is 0 Å². The zero-order valence-corrected chi connectivity index (χ0v) is 21.2. The van der Waals surface area contributed by atoms with E-state index in [1.807, 2.05) is 62.4 Å². The molecular formula is C31H31NO5. The molecule has 0 bridgehead atoms. The Morgan fingerprint density at radius 1 is 0.865 bits per heavy atom. The molecule has 0 radical (unpaired) electrons. The number of aryl methyl sites for hydroxylation is 2. The van der Waals surface area contributed by atoms with E-state index in [0.29, 0.717) is 36.0 Å². The van der Waals surface area contributed by atoms with Crippen LogP contribution in [0.5, 0.6) is 11.5 Å². The summed E-state index contributed by atoms with van der Waals surface area (Å²) in [5.41, 5.74) is 4.33. The van der Waals surface area contributed by atoms with Gasteiger partial charge >= 0.3 is 0 Å². The van der Waals surface area contributed by atoms with Crippen molar-refractivity contribution >= 4 is 23.1 Å². The number of hydrogen-bond donors (Lipinski definition) is 1. The molecule has 37 heavy (non-hydrogen) atoms. The van der Waals surface area contributed by atoms with Gasteiger partial charge in [0.1, 0.15) is 5.76 Å². The van der Waals surface area contributed by atoms with Crippen LogP contribution >= 0.6 is 0 Å². The molecule has 0 saturated carbocycles. The molecule has 1 fully saturated rings. The second-order valence-corrected chi connectivity index (χ2v) is 9.27. The van der Waals surface area contributed by atoms with Crippen LogP contribution in [0.1, 0.15) is 55.0 Å². The molecule has 190 valence electrons. The monoisotopic (exact) mass is 497 g/mol. The Hall–Kier alpha value is -4.06. The van der Waals surface area contributed by atoms with Gasteiger partial charge in [0.2, 0.25) is 0 Å². The number of aliphatic hydroxyl groups excluding tert-OH is 1. The highest BCUT2D eigenvalue weighted by Crippen LogP contribution is 2.44. The molecule has 2 aliphatic rings. The van der Waals surface area contributed by atoms with Gasteiger partial charge in [-0.05, 0) is 74.4 Å². The summed E-state index contributed by atoms with van der Waals surface area (Å²) in [6.07, 6.45) is 4.22. The summed E-state index contributed by atoms with van der Waals surface area (Å²) in [7, 11) is 0. The van der Waals surface area contributed by atoms with Crippen LogP contribution in [0.3, 0.4) is 0 Å². The molecule has 1 unspecified atom stereocenters. The van der Waals surface area contributed by atoms with Crippen molar-refractivity contribution < 1.29 is 24.2 Å². The van der Waals surface area contributed by atoms with E-state index in [1.165, 1.54) is 16.0 Å². The molecule has 3 aromatic carbocycles. The summed E-state index contributed by atoms with van der Waals surface area (Å²) < 4.78 is 11.5. The Bertz CT molecular complexity index is 1360. The lowest BCUT2D eigenvalue weighted by Crippen LogP contribution is -2.29. The van der Waals surface area contributed by atoms with Crippen molar-refractivity contribution in [1.29, 1.82) is 0 Å². The number of aliphatic hydroxyl groups is 1. The molecule has 6 nitrogen and oxygen atoms in total. The van der Waals surface area contributed by atoms with Crippen molar-refractivity contribution in [2.75, 3.05) is 18.1 Å². The molecule has 3 aromatic rings. The van der Waals surface area contributed by atoms with Gasteiger partial charge in [-0.1, -0.05) is 42.5 Å². The van der Waals surface area contributed by atoms with E-state index >= 15 is 0 Å². The number of benzene rings is 3. The highest BCUT2D eigenvalue weighted by molar-refractivity contribution is 6.51. The van der Waals surface area contributed by atoms with Gasteiger partial charge in [0.15, 0.2) is 11.5 Å². The number of rotatable bonds is 7. The van der Waals surface area contributed by atoms with Gasteiger partial charge in [0.05, 0.1) is 24.8 Å². The average molecular weight is 498 g/mol. The van der Waals surface area contributed by atoms with Crippen LogP contribution in [0.4, 0.5) is 5.69 Å². The smallest absolute Gasteiger partial charge is 0.300 e. The number of anilines is 1. The second kappa shape index (κ2) is 10.5. The Morgan fingerprint density at radius 2 is 1.57 bits per heavy atom. The predicted octanol–water partition coefficient (Wildman–Crippen LogP) is 5.99. The van der Waals surface area contributed by atoms with Gasteiger partial charge in [-0.15, -0.1) is 0 Å². The molecule has 6 heteroatoms. The minimum Gasteiger partial charge on any atom is -0.507 e. The third-order valence-corrected chi connectivity index (χ3v) is 6.99. The van der Waals surface area contributed by atoms with E-state index in [9.17, 15) is 14.7 Å². The fraction of sp³-hybridized carbons (Fsp3) is 0.290. The minimum atomic E-state index is -0.787. The first kappa shape index (κ1) is 24.6. The quantitative estimate of drug-likeness (QED) is 0.247. The number of hydrogen-bond acceptors (Lipinski definition) is 5. The summed E-state index contributed by atoms with van der Waals surface area (Å²) in [5.74, 6) is -0.504. The van der Waals surface area contributed by atoms with Crippen LogP contribution in [-0.4, -0.2) is 30.0 Å². The minimum absolute atomic E-state index is 0.0822. The van der Waals surface area contributed by atoms with Crippen molar-refractivity contribution in [3.8, 4) is 11.5 Å². The molecule has 1 amide bonds. The maximum atomic E-state index is 13.5. The van der Waals surface area contributed by atoms with E-state index < -0.39 is 17.7 Å². The molecule has 1 N–H and O–H groups in total. The maximum Gasteiger partial charge on any atom is 0.300 e. The largest absolute Gasteiger partial charge is 0.507 e. The highest BCUT2D eigenvalue weighted by atomic mass is 16.5. The normalized spacial score (nSPS) is 18.5. The first-order valence-electron chi connectivity index (χ1n) is 12.9. The van der Waals surface area contributed by atoms with Gasteiger partial charge < -0.3 is 14.6 Å². The van der Waals surface area contributed by atoms with Crippen LogP contribution in [0.2, 0.25) is 0 Å². The first-order valence-corrected chi connectivity index (χ1v) is 12.9. The molecule has 1 saturated heterocycles. The standard InChI is InChI=1S/C31H31NO5/c1-3-36-25-17-16-24(19-26(25)37-4-2)32-28(21-11-6-5-7-12-21)27(30(34)31(32)35)29(33)23-15-14-20-10-8-9-13-22(20)18-23/h5-7,11-12,14-19,28,33H,3-4,8-10,13H2,1-2H3/b29-27-. The number of fused-ring (bicyclic) bond motifs is 1. The Morgan fingerprint density at radius 3 is 2.30 bits per heavy atom. The molecule has 0 spiro atoms. The zero-order valence-electron chi connectivity index (χ0n) is 21.2. The summed E-state index contributed by atoms with van der Waals surface area (Å²) >= 11 is 0. The SMILES string of the molecule is CCOc1ccc(N2C(=O)C(=O)/C(=C(\O)c3ccc4c(c3)CCCC4)C2c2ccccc2)cc1OCC. The molecule has 0 aromatic heterocycles. The topological polar surface area (TPSA) is 76.1 Å². The Balaban J connectivity index is 1.66. The third kappa shape index (κ3) is 4.59. The third-order valence-electron chi connectivity index (χ3n) is 6.99. The summed E-state index contributed by atoms with van der Waals surface area (Å²) in [6.45, 7) is 4.65. The summed E-state index contributed by atoms with van der Waals surface area (Å²) in [4.78, 5) is 28.4. The summed E-state index contributed by atoms with van der Waals surface area (Å²) in [5, 5.41) is 11.5. The number of carbonyl (C=O) groups is 2. The van der Waals surface area contributed by atoms with Crippen molar-refractivity contribution in [3.63, 3.8) is 0 Å². The van der Waals surface area contributed by atoms with E-state index in [2.05, 4.69) is 0 Å². The lowest BCUT2D eigenvalue weighted by molar-refractivity contribution is -0.132. The van der Waals surface area contributed by atoms with Crippen LogP contribution in [0, 0.1) is 0 Å². The molecule has 5 rings (SSSR count). The van der Waals surface area contributed by atoms with E-state index in [4.69, 9.17) is 9.47 Å². The maximum absolute atomic E-state index is 13.5. The molecule has 1 aliphatic heterocycles. The lowest BCUT2D eigenvalue weighted by Gasteiger charge is -2.26. The molecule has 1 heterocycles. The summed E-state index contributed by atoms with van der Waals surface area (Å²) in [6, 6.07) is 19.6. The van der Waals surface area contributed by atoms with E-state index in [-0.39, 0.29) is 11.3 Å². The van der Waals surface area contributed by atoms with Gasteiger partial charge in [0.25, 0.3) is 11.7 Å². The number of ether oxygens (including phenoxy) is 2. The highest BCUT2D eigenvalue weighted by Gasteiger charge is 2.47. The van der Waals surface area contributed by atoms with Crippen molar-refractivity contribution in [2.24, 2.45) is 0 Å². The number of amides is 1. The Labute approximate surface area is 217 Å². The molecular weight excluding hydrogens is 466 g/mol. The van der Waals surface area contributed by atoms with E-state index in [0.717, 1.165) is 31.2 Å². The zero-order chi connectivity index (χ0) is 25.9.